The maximum absolute atomic E-state index is 8.45. The van der Waals surface area contributed by atoms with E-state index >= 15 is 0 Å². The molecular weight excluding hydrogens is 237 g/mol. The minimum Gasteiger partial charge on any atom is -0.553 e. The summed E-state index contributed by atoms with van der Waals surface area (Å²) in [5, 5.41) is 8.45. The summed E-state index contributed by atoms with van der Waals surface area (Å²) in [5.74, 6) is 0. The minimum atomic E-state index is -0.0971. The van der Waals surface area contributed by atoms with E-state index < -0.39 is 0 Å². The molecule has 0 aromatic heterocycles. The van der Waals surface area contributed by atoms with E-state index in [0.717, 1.165) is 0 Å². The van der Waals surface area contributed by atoms with E-state index in [0.29, 0.717) is 13.2 Å². The van der Waals surface area contributed by atoms with Gasteiger partial charge in [-0.05, 0) is 6.92 Å². The van der Waals surface area contributed by atoms with E-state index in [2.05, 4.69) is 11.8 Å². The van der Waals surface area contributed by atoms with Crippen LogP contribution in [0.4, 0.5) is 0 Å². The number of rotatable bonds is 5. The summed E-state index contributed by atoms with van der Waals surface area (Å²) in [5.41, 5.74) is 0. The fourth-order valence-electron chi connectivity index (χ4n) is 0.361. The number of ether oxygens (including phenoxy) is 2. The van der Waals surface area contributed by atoms with Gasteiger partial charge >= 0.3 is 0 Å². The molecule has 75 valence electrons. The molecule has 1 unspecified atom stereocenters. The van der Waals surface area contributed by atoms with Crippen LogP contribution in [0.3, 0.4) is 0 Å². The third-order valence-electron chi connectivity index (χ3n) is 0.887. The van der Waals surface area contributed by atoms with Gasteiger partial charge in [-0.3, -0.25) is 0 Å². The summed E-state index contributed by atoms with van der Waals surface area (Å²) < 4.78 is 9.50. The largest absolute Gasteiger partial charge is 0.553 e. The van der Waals surface area contributed by atoms with Gasteiger partial charge in [-0.2, -0.15) is 0 Å². The van der Waals surface area contributed by atoms with Crippen molar-refractivity contribution in [1.82, 2.24) is 0 Å². The van der Waals surface area contributed by atoms with Crippen molar-refractivity contribution in [3.63, 3.8) is 0 Å². The van der Waals surface area contributed by atoms with Gasteiger partial charge in [0.2, 0.25) is 0 Å². The zero-order valence-electron chi connectivity index (χ0n) is 7.75. The predicted octanol–water partition coefficient (Wildman–Crippen LogP) is -0.185. The Morgan fingerprint density at radius 1 is 1.42 bits per heavy atom. The fourth-order valence-corrected chi connectivity index (χ4v) is 0.361. The zero-order valence-corrected chi connectivity index (χ0v) is 10.6. The molecule has 0 rings (SSSR count). The third kappa shape index (κ3) is 17.1. The second-order valence-electron chi connectivity index (χ2n) is 1.77. The summed E-state index contributed by atoms with van der Waals surface area (Å²) >= 11 is 0. The summed E-state index contributed by atoms with van der Waals surface area (Å²) in [4.78, 5) is 0. The zero-order chi connectivity index (χ0) is 7.11. The molecule has 5 heteroatoms. The first-order chi connectivity index (χ1) is 4.31. The number of aliphatic hydroxyl groups excluding tert-OH is 1. The van der Waals surface area contributed by atoms with Crippen LogP contribution in [-0.4, -0.2) is 36.5 Å². The first-order valence-electron chi connectivity index (χ1n) is 2.90. The fraction of sp³-hybridized carbons (Fsp3) is 0.714. The Bertz CT molecular complexity index is 63.4. The summed E-state index contributed by atoms with van der Waals surface area (Å²) in [6, 6.07) is 0. The molecule has 0 amide bonds. The van der Waals surface area contributed by atoms with Crippen molar-refractivity contribution in [2.45, 2.75) is 13.0 Å². The summed E-state index contributed by atoms with van der Waals surface area (Å²) in [7, 11) is 3.17. The van der Waals surface area contributed by atoms with Crippen LogP contribution in [0.1, 0.15) is 6.92 Å². The molecule has 3 N–H and O–H groups in total. The van der Waals surface area contributed by atoms with Crippen LogP contribution in [0.2, 0.25) is 0 Å². The molecule has 1 atom stereocenters. The molecule has 0 aromatic rings. The molecule has 4 nitrogen and oxygen atoms in total. The average molecular weight is 255 g/mol. The van der Waals surface area contributed by atoms with Crippen molar-refractivity contribution >= 4 is 0 Å². The van der Waals surface area contributed by atoms with Crippen LogP contribution in [0.15, 0.2) is 0 Å². The molecule has 0 aliphatic carbocycles. The van der Waals surface area contributed by atoms with E-state index in [4.69, 9.17) is 9.84 Å². The van der Waals surface area contributed by atoms with Gasteiger partial charge in [0.25, 0.3) is 0 Å². The first kappa shape index (κ1) is 23.1. The maximum Gasteiger partial charge on any atom is 0.0778 e. The van der Waals surface area contributed by atoms with Crippen LogP contribution in [-0.2, 0) is 42.2 Å². The third-order valence-corrected chi connectivity index (χ3v) is 0.887. The Hall–Kier alpha value is 0.944. The number of aliphatic hydroxyl groups is 1. The van der Waals surface area contributed by atoms with Crippen LogP contribution in [0.5, 0.6) is 0 Å². The molecule has 12 heavy (non-hydrogen) atoms. The van der Waals surface area contributed by atoms with Gasteiger partial charge in [0.15, 0.2) is 0 Å². The van der Waals surface area contributed by atoms with E-state index in [1.807, 2.05) is 0 Å². The van der Waals surface area contributed by atoms with Crippen molar-refractivity contribution in [2.24, 2.45) is 0 Å². The Balaban J connectivity index is -0.000000107. The molecular formula is C7H18O4Y-2. The van der Waals surface area contributed by atoms with Gasteiger partial charge in [0.05, 0.1) is 19.3 Å². The molecule has 0 saturated heterocycles. The predicted molar refractivity (Wildman–Crippen MR) is 43.8 cm³/mol. The number of hydrogen-bond acceptors (Lipinski definition) is 3. The number of hydrogen-bond donors (Lipinski definition) is 1. The summed E-state index contributed by atoms with van der Waals surface area (Å²) in [6.07, 6.45) is -0.0971. The normalized spacial score (nSPS) is 10.2. The molecule has 0 aromatic carbocycles. The van der Waals surface area contributed by atoms with Gasteiger partial charge in [-0.15, -0.1) is 0 Å². The van der Waals surface area contributed by atoms with Crippen molar-refractivity contribution in [3.8, 4) is 0 Å². The second-order valence-corrected chi connectivity index (χ2v) is 1.77. The van der Waals surface area contributed by atoms with Crippen molar-refractivity contribution in [3.05, 3.63) is 14.5 Å². The first-order valence-corrected chi connectivity index (χ1v) is 2.90. The van der Waals surface area contributed by atoms with Crippen molar-refractivity contribution < 1.29 is 52.8 Å². The minimum absolute atomic E-state index is 0. The van der Waals surface area contributed by atoms with Gasteiger partial charge in [0.1, 0.15) is 0 Å². The standard InChI is InChI=1S/C6H13O3.CH3.H2O.Y/c1-6(5-7)9-4-3-8-2;;;/h6-7H,2-5H2,1H3;1H3;1H2;/q2*-1;;. The van der Waals surface area contributed by atoms with Crippen LogP contribution >= 0.6 is 0 Å². The Morgan fingerprint density at radius 3 is 2.25 bits per heavy atom. The van der Waals surface area contributed by atoms with Crippen molar-refractivity contribution in [1.29, 1.82) is 0 Å². The average Bonchev–Trinajstić information content (AvgIpc) is 1.89. The Labute approximate surface area is 99.8 Å². The topological polar surface area (TPSA) is 70.2 Å². The molecule has 0 aliphatic heterocycles. The molecule has 1 radical (unpaired) electrons. The van der Waals surface area contributed by atoms with Gasteiger partial charge < -0.3 is 27.5 Å². The van der Waals surface area contributed by atoms with Gasteiger partial charge in [0, 0.05) is 39.3 Å². The Kier molecular flexibility index (Phi) is 34.4. The van der Waals surface area contributed by atoms with Crippen LogP contribution in [0.25, 0.3) is 0 Å². The smallest absolute Gasteiger partial charge is 0.0778 e. The maximum atomic E-state index is 8.45. The summed E-state index contributed by atoms with van der Waals surface area (Å²) in [6.45, 7) is 2.82. The SMILES string of the molecule is O.[CH2-]OCCOC(C)CO.[CH3-].[Y]. The van der Waals surface area contributed by atoms with Gasteiger partial charge in [-0.25, -0.2) is 7.11 Å². The Morgan fingerprint density at radius 2 is 1.92 bits per heavy atom. The quantitative estimate of drug-likeness (QED) is 0.547. The van der Waals surface area contributed by atoms with E-state index in [1.54, 1.807) is 6.92 Å². The second kappa shape index (κ2) is 17.9. The van der Waals surface area contributed by atoms with Crippen molar-refractivity contribution in [2.75, 3.05) is 19.8 Å². The molecule has 0 saturated carbocycles. The molecule has 0 heterocycles. The van der Waals surface area contributed by atoms with E-state index in [-0.39, 0.29) is 58.3 Å². The van der Waals surface area contributed by atoms with E-state index in [9.17, 15) is 0 Å². The molecule has 0 fully saturated rings. The molecule has 0 spiro atoms. The molecule has 0 aliphatic rings. The monoisotopic (exact) mass is 255 g/mol. The van der Waals surface area contributed by atoms with E-state index in [1.165, 1.54) is 0 Å². The van der Waals surface area contributed by atoms with Crippen LogP contribution in [0, 0.1) is 14.5 Å². The van der Waals surface area contributed by atoms with Gasteiger partial charge in [-0.1, -0.05) is 0 Å². The molecule has 0 bridgehead atoms. The van der Waals surface area contributed by atoms with Crippen LogP contribution < -0.4 is 0 Å².